The smallest absolute Gasteiger partial charge is 0.203 e. The highest BCUT2D eigenvalue weighted by molar-refractivity contribution is 7.15. The number of aryl methyl sites for hydroxylation is 1. The molecule has 0 atom stereocenters. The van der Waals surface area contributed by atoms with E-state index in [1.54, 1.807) is 12.1 Å². The number of hydrogen-bond donors (Lipinski definition) is 1. The summed E-state index contributed by atoms with van der Waals surface area (Å²) in [6, 6.07) is 6.10. The molecule has 4 nitrogen and oxygen atoms in total. The maximum absolute atomic E-state index is 12.8. The van der Waals surface area contributed by atoms with Crippen LogP contribution in [0.2, 0.25) is 0 Å². The van der Waals surface area contributed by atoms with Gasteiger partial charge in [0.2, 0.25) is 5.13 Å². The molecular weight excluding hydrogens is 241 g/mol. The van der Waals surface area contributed by atoms with Gasteiger partial charge in [0, 0.05) is 12.5 Å². The highest BCUT2D eigenvalue weighted by Gasteiger charge is 2.01. The van der Waals surface area contributed by atoms with Gasteiger partial charge in [0.15, 0.2) is 0 Å². The summed E-state index contributed by atoms with van der Waals surface area (Å²) in [5.41, 5.74) is 5.46. The van der Waals surface area contributed by atoms with Gasteiger partial charge in [-0.1, -0.05) is 17.4 Å². The van der Waals surface area contributed by atoms with Gasteiger partial charge in [-0.3, -0.25) is 0 Å². The Morgan fingerprint density at radius 2 is 2.24 bits per heavy atom. The predicted molar refractivity (Wildman–Crippen MR) is 64.5 cm³/mol. The van der Waals surface area contributed by atoms with Crippen LogP contribution in [0.25, 0.3) is 0 Å². The lowest BCUT2D eigenvalue weighted by atomic mass is 10.3. The molecule has 0 saturated carbocycles. The van der Waals surface area contributed by atoms with E-state index in [0.29, 0.717) is 17.5 Å². The maximum atomic E-state index is 12.8. The van der Waals surface area contributed by atoms with E-state index < -0.39 is 0 Å². The first-order valence-electron chi connectivity index (χ1n) is 5.20. The molecule has 2 N–H and O–H groups in total. The van der Waals surface area contributed by atoms with Crippen LogP contribution >= 0.6 is 11.3 Å². The van der Waals surface area contributed by atoms with Crippen molar-refractivity contribution in [2.75, 3.05) is 12.3 Å². The molecule has 0 saturated heterocycles. The topological polar surface area (TPSA) is 61.0 Å². The van der Waals surface area contributed by atoms with Crippen molar-refractivity contribution in [2.24, 2.45) is 0 Å². The zero-order chi connectivity index (χ0) is 12.1. The zero-order valence-corrected chi connectivity index (χ0v) is 9.91. The fourth-order valence-electron chi connectivity index (χ4n) is 1.34. The Balaban J connectivity index is 1.73. The van der Waals surface area contributed by atoms with E-state index in [1.165, 1.54) is 23.5 Å². The van der Waals surface area contributed by atoms with Crippen LogP contribution in [0, 0.1) is 5.82 Å². The largest absolute Gasteiger partial charge is 0.493 e. The maximum Gasteiger partial charge on any atom is 0.203 e. The van der Waals surface area contributed by atoms with E-state index in [4.69, 9.17) is 10.5 Å². The Labute approximate surface area is 102 Å². The SMILES string of the molecule is Nc1nnc(CCCOc2cccc(F)c2)s1. The second kappa shape index (κ2) is 5.58. The van der Waals surface area contributed by atoms with Gasteiger partial charge in [-0.2, -0.15) is 0 Å². The Hall–Kier alpha value is -1.69. The molecule has 1 aromatic heterocycles. The summed E-state index contributed by atoms with van der Waals surface area (Å²) < 4.78 is 18.2. The number of benzene rings is 1. The van der Waals surface area contributed by atoms with Gasteiger partial charge in [0.05, 0.1) is 6.61 Å². The number of hydrogen-bond acceptors (Lipinski definition) is 5. The van der Waals surface area contributed by atoms with Crippen molar-refractivity contribution >= 4 is 16.5 Å². The molecule has 2 aromatic rings. The average Bonchev–Trinajstić information content (AvgIpc) is 2.71. The fraction of sp³-hybridized carbons (Fsp3) is 0.273. The van der Waals surface area contributed by atoms with Crippen LogP contribution in [-0.4, -0.2) is 16.8 Å². The standard InChI is InChI=1S/C11H12FN3OS/c12-8-3-1-4-9(7-8)16-6-2-5-10-14-15-11(13)17-10/h1,3-4,7H,2,5-6H2,(H2,13,15). The Morgan fingerprint density at radius 1 is 1.35 bits per heavy atom. The third-order valence-corrected chi connectivity index (χ3v) is 2.89. The summed E-state index contributed by atoms with van der Waals surface area (Å²) in [4.78, 5) is 0. The Morgan fingerprint density at radius 3 is 2.94 bits per heavy atom. The predicted octanol–water partition coefficient (Wildman–Crippen LogP) is 2.27. The van der Waals surface area contributed by atoms with Crippen molar-refractivity contribution in [1.82, 2.24) is 10.2 Å². The van der Waals surface area contributed by atoms with Gasteiger partial charge in [-0.05, 0) is 18.6 Å². The molecule has 2 rings (SSSR count). The quantitative estimate of drug-likeness (QED) is 0.830. The minimum atomic E-state index is -0.292. The summed E-state index contributed by atoms with van der Waals surface area (Å²) in [5, 5.41) is 9.00. The van der Waals surface area contributed by atoms with Crippen molar-refractivity contribution in [2.45, 2.75) is 12.8 Å². The minimum absolute atomic E-state index is 0.292. The monoisotopic (exact) mass is 253 g/mol. The Bertz CT molecular complexity index is 489. The second-order valence-corrected chi connectivity index (χ2v) is 4.54. The van der Waals surface area contributed by atoms with Gasteiger partial charge >= 0.3 is 0 Å². The van der Waals surface area contributed by atoms with E-state index in [9.17, 15) is 4.39 Å². The van der Waals surface area contributed by atoms with Crippen molar-refractivity contribution in [3.8, 4) is 5.75 Å². The van der Waals surface area contributed by atoms with Crippen LogP contribution in [0.4, 0.5) is 9.52 Å². The van der Waals surface area contributed by atoms with Gasteiger partial charge in [0.25, 0.3) is 0 Å². The average molecular weight is 253 g/mol. The Kier molecular flexibility index (Phi) is 3.87. The highest BCUT2D eigenvalue weighted by Crippen LogP contribution is 2.14. The lowest BCUT2D eigenvalue weighted by molar-refractivity contribution is 0.309. The number of halogens is 1. The second-order valence-electron chi connectivity index (χ2n) is 3.44. The molecule has 90 valence electrons. The number of aromatic nitrogens is 2. The third-order valence-electron chi connectivity index (χ3n) is 2.08. The van der Waals surface area contributed by atoms with Crippen molar-refractivity contribution < 1.29 is 9.13 Å². The van der Waals surface area contributed by atoms with E-state index in [2.05, 4.69) is 10.2 Å². The first-order chi connectivity index (χ1) is 8.24. The molecule has 0 radical (unpaired) electrons. The molecule has 0 spiro atoms. The number of rotatable bonds is 5. The van der Waals surface area contributed by atoms with Crippen LogP contribution < -0.4 is 10.5 Å². The first-order valence-corrected chi connectivity index (χ1v) is 6.02. The summed E-state index contributed by atoms with van der Waals surface area (Å²) in [6.45, 7) is 0.517. The highest BCUT2D eigenvalue weighted by atomic mass is 32.1. The van der Waals surface area contributed by atoms with Crippen LogP contribution in [0.3, 0.4) is 0 Å². The van der Waals surface area contributed by atoms with Crippen LogP contribution in [0.15, 0.2) is 24.3 Å². The summed E-state index contributed by atoms with van der Waals surface area (Å²) >= 11 is 1.38. The van der Waals surface area contributed by atoms with Crippen molar-refractivity contribution in [3.63, 3.8) is 0 Å². The molecule has 0 bridgehead atoms. The van der Waals surface area contributed by atoms with Gasteiger partial charge < -0.3 is 10.5 Å². The number of ether oxygens (including phenoxy) is 1. The molecule has 1 heterocycles. The zero-order valence-electron chi connectivity index (χ0n) is 9.10. The molecule has 0 fully saturated rings. The van der Waals surface area contributed by atoms with E-state index in [0.717, 1.165) is 17.8 Å². The van der Waals surface area contributed by atoms with E-state index in [1.807, 2.05) is 0 Å². The number of anilines is 1. The summed E-state index contributed by atoms with van der Waals surface area (Å²) in [7, 11) is 0. The molecule has 6 heteroatoms. The number of nitrogens with zero attached hydrogens (tertiary/aromatic N) is 2. The lowest BCUT2D eigenvalue weighted by Gasteiger charge is -2.04. The molecule has 0 unspecified atom stereocenters. The summed E-state index contributed by atoms with van der Waals surface area (Å²) in [5.74, 6) is 0.251. The van der Waals surface area contributed by atoms with Crippen molar-refractivity contribution in [1.29, 1.82) is 0 Å². The molecular formula is C11H12FN3OS. The third kappa shape index (κ3) is 3.67. The number of nitrogen functional groups attached to an aromatic ring is 1. The molecule has 17 heavy (non-hydrogen) atoms. The molecule has 1 aromatic carbocycles. The molecule has 0 aliphatic rings. The molecule has 0 amide bonds. The minimum Gasteiger partial charge on any atom is -0.493 e. The van der Waals surface area contributed by atoms with Gasteiger partial charge in [-0.15, -0.1) is 10.2 Å². The first kappa shape index (κ1) is 11.8. The van der Waals surface area contributed by atoms with Crippen LogP contribution in [0.5, 0.6) is 5.75 Å². The lowest BCUT2D eigenvalue weighted by Crippen LogP contribution is -1.99. The van der Waals surface area contributed by atoms with Crippen LogP contribution in [0.1, 0.15) is 11.4 Å². The van der Waals surface area contributed by atoms with Crippen LogP contribution in [-0.2, 0) is 6.42 Å². The molecule has 0 aliphatic heterocycles. The normalized spacial score (nSPS) is 10.4. The fourth-order valence-corrected chi connectivity index (χ4v) is 1.99. The van der Waals surface area contributed by atoms with Gasteiger partial charge in [-0.25, -0.2) is 4.39 Å². The van der Waals surface area contributed by atoms with E-state index >= 15 is 0 Å². The van der Waals surface area contributed by atoms with Gasteiger partial charge in [0.1, 0.15) is 16.6 Å². The summed E-state index contributed by atoms with van der Waals surface area (Å²) in [6.07, 6.45) is 1.56. The van der Waals surface area contributed by atoms with E-state index in [-0.39, 0.29) is 5.82 Å². The molecule has 0 aliphatic carbocycles. The number of nitrogens with two attached hydrogens (primary N) is 1. The van der Waals surface area contributed by atoms with Crippen molar-refractivity contribution in [3.05, 3.63) is 35.1 Å².